The fraction of sp³-hybridized carbons (Fsp3) is 0.269. The van der Waals surface area contributed by atoms with Gasteiger partial charge in [-0.25, -0.2) is 4.98 Å². The molecule has 0 radical (unpaired) electrons. The van der Waals surface area contributed by atoms with Crippen LogP contribution >= 0.6 is 11.3 Å². The number of rotatable bonds is 6. The number of carbonyl (C=O) groups is 2. The minimum Gasteiger partial charge on any atom is -0.308 e. The monoisotopic (exact) mass is 486 g/mol. The Bertz CT molecular complexity index is 1390. The summed E-state index contributed by atoms with van der Waals surface area (Å²) in [6.07, 6.45) is 6.45. The van der Waals surface area contributed by atoms with Crippen molar-refractivity contribution >= 4 is 34.0 Å². The number of benzene rings is 1. The number of nitrogens with zero attached hydrogens (tertiary/aromatic N) is 5. The highest BCUT2D eigenvalue weighted by atomic mass is 32.1. The van der Waals surface area contributed by atoms with Gasteiger partial charge in [0.05, 0.1) is 23.5 Å². The molecule has 0 bridgehead atoms. The zero-order valence-corrected chi connectivity index (χ0v) is 20.7. The smallest absolute Gasteiger partial charge is 0.260 e. The molecule has 4 heterocycles. The molecular formula is C26H26N6O2S. The molecule has 0 saturated heterocycles. The lowest BCUT2D eigenvalue weighted by Crippen LogP contribution is -2.34. The van der Waals surface area contributed by atoms with Crippen molar-refractivity contribution in [3.05, 3.63) is 76.7 Å². The summed E-state index contributed by atoms with van der Waals surface area (Å²) < 4.78 is 1.78. The van der Waals surface area contributed by atoms with Crippen LogP contribution in [0.4, 0.5) is 10.8 Å². The maximum Gasteiger partial charge on any atom is 0.260 e. The van der Waals surface area contributed by atoms with E-state index < -0.39 is 0 Å². The lowest BCUT2D eigenvalue weighted by Gasteiger charge is -2.29. The number of hydrogen-bond acceptors (Lipinski definition) is 6. The van der Waals surface area contributed by atoms with Crippen LogP contribution < -0.4 is 10.2 Å². The summed E-state index contributed by atoms with van der Waals surface area (Å²) in [5.41, 5.74) is 6.01. The van der Waals surface area contributed by atoms with Gasteiger partial charge in [0, 0.05) is 47.7 Å². The van der Waals surface area contributed by atoms with E-state index in [9.17, 15) is 9.59 Å². The largest absolute Gasteiger partial charge is 0.308 e. The minimum absolute atomic E-state index is 0.115. The van der Waals surface area contributed by atoms with Crippen LogP contribution in [-0.4, -0.2) is 31.6 Å². The second-order valence-corrected chi connectivity index (χ2v) is 9.74. The highest BCUT2D eigenvalue weighted by Gasteiger charge is 2.25. The Morgan fingerprint density at radius 2 is 2.09 bits per heavy atom. The van der Waals surface area contributed by atoms with Crippen LogP contribution in [0.3, 0.4) is 0 Å². The van der Waals surface area contributed by atoms with Gasteiger partial charge in [0.25, 0.3) is 5.91 Å². The molecule has 2 amide bonds. The second kappa shape index (κ2) is 9.42. The molecule has 35 heavy (non-hydrogen) atoms. The molecule has 1 aromatic carbocycles. The first-order chi connectivity index (χ1) is 16.9. The fourth-order valence-electron chi connectivity index (χ4n) is 4.16. The summed E-state index contributed by atoms with van der Waals surface area (Å²) in [4.78, 5) is 36.1. The van der Waals surface area contributed by atoms with Gasteiger partial charge < -0.3 is 4.90 Å². The average molecular weight is 487 g/mol. The Morgan fingerprint density at radius 1 is 1.23 bits per heavy atom. The van der Waals surface area contributed by atoms with Gasteiger partial charge >= 0.3 is 0 Å². The number of aryl methyl sites for hydroxylation is 2. The predicted molar refractivity (Wildman–Crippen MR) is 137 cm³/mol. The molecule has 1 aliphatic heterocycles. The van der Waals surface area contributed by atoms with Gasteiger partial charge in [-0.1, -0.05) is 12.1 Å². The molecule has 0 atom stereocenters. The molecule has 0 saturated carbocycles. The minimum atomic E-state index is -0.217. The van der Waals surface area contributed by atoms with Crippen molar-refractivity contribution in [2.45, 2.75) is 46.2 Å². The molecule has 0 fully saturated rings. The van der Waals surface area contributed by atoms with E-state index in [1.165, 1.54) is 11.3 Å². The van der Waals surface area contributed by atoms with Crippen LogP contribution in [0.5, 0.6) is 0 Å². The molecule has 4 aromatic rings. The summed E-state index contributed by atoms with van der Waals surface area (Å²) >= 11 is 1.38. The Morgan fingerprint density at radius 3 is 2.83 bits per heavy atom. The van der Waals surface area contributed by atoms with Crippen LogP contribution in [0.15, 0.2) is 54.3 Å². The first-order valence-corrected chi connectivity index (χ1v) is 12.4. The Labute approximate surface area is 207 Å². The van der Waals surface area contributed by atoms with E-state index in [0.717, 1.165) is 28.1 Å². The lowest BCUT2D eigenvalue weighted by molar-refractivity contribution is -0.119. The Hall–Kier alpha value is -3.85. The second-order valence-electron chi connectivity index (χ2n) is 8.88. The Kier molecular flexibility index (Phi) is 6.17. The molecule has 0 aliphatic carbocycles. The molecule has 0 unspecified atom stereocenters. The Balaban J connectivity index is 1.34. The van der Waals surface area contributed by atoms with Crippen LogP contribution in [0.25, 0.3) is 11.3 Å². The van der Waals surface area contributed by atoms with Crippen LogP contribution in [0, 0.1) is 6.92 Å². The van der Waals surface area contributed by atoms with Crippen molar-refractivity contribution in [3.8, 4) is 11.3 Å². The summed E-state index contributed by atoms with van der Waals surface area (Å²) in [7, 11) is 0. The first kappa shape index (κ1) is 22.9. The number of anilines is 2. The number of aromatic nitrogens is 4. The van der Waals surface area contributed by atoms with Gasteiger partial charge in [-0.2, -0.15) is 5.10 Å². The topological polar surface area (TPSA) is 93.0 Å². The number of hydrogen-bond donors (Lipinski definition) is 1. The van der Waals surface area contributed by atoms with Crippen molar-refractivity contribution < 1.29 is 9.59 Å². The van der Waals surface area contributed by atoms with Crippen molar-refractivity contribution in [2.24, 2.45) is 0 Å². The number of fused-ring (bicyclic) bond motifs is 1. The maximum atomic E-state index is 12.8. The fourth-order valence-corrected chi connectivity index (χ4v) is 4.88. The third kappa shape index (κ3) is 4.72. The van der Waals surface area contributed by atoms with Gasteiger partial charge in [-0.05, 0) is 56.5 Å². The normalized spacial score (nSPS) is 13.3. The SMILES string of the molecule is Cc1nn(C(C)C)cc1C(=O)Nc1nc(-c2ccc3c(c2)CCC(=O)N3Cc2cccnc2)cs1. The van der Waals surface area contributed by atoms with E-state index in [1.54, 1.807) is 23.3 Å². The van der Waals surface area contributed by atoms with E-state index in [1.807, 2.05) is 55.3 Å². The molecule has 3 aromatic heterocycles. The molecular weight excluding hydrogens is 460 g/mol. The third-order valence-corrected chi connectivity index (χ3v) is 6.81. The highest BCUT2D eigenvalue weighted by molar-refractivity contribution is 7.14. The molecule has 0 spiro atoms. The third-order valence-electron chi connectivity index (χ3n) is 6.05. The van der Waals surface area contributed by atoms with Crippen LogP contribution in [-0.2, 0) is 17.8 Å². The zero-order chi connectivity index (χ0) is 24.5. The summed E-state index contributed by atoms with van der Waals surface area (Å²) in [5, 5.41) is 9.78. The van der Waals surface area contributed by atoms with E-state index >= 15 is 0 Å². The van der Waals surface area contributed by atoms with Gasteiger partial charge in [0.2, 0.25) is 5.91 Å². The predicted octanol–water partition coefficient (Wildman–Crippen LogP) is 5.02. The number of carbonyl (C=O) groups excluding carboxylic acids is 2. The van der Waals surface area contributed by atoms with E-state index in [2.05, 4.69) is 26.4 Å². The van der Waals surface area contributed by atoms with Gasteiger partial charge in [0.15, 0.2) is 5.13 Å². The molecule has 8 nitrogen and oxygen atoms in total. The van der Waals surface area contributed by atoms with Crippen molar-refractivity contribution in [3.63, 3.8) is 0 Å². The number of thiazole rings is 1. The molecule has 178 valence electrons. The summed E-state index contributed by atoms with van der Waals surface area (Å²) in [6.45, 7) is 6.37. The highest BCUT2D eigenvalue weighted by Crippen LogP contribution is 2.34. The molecule has 9 heteroatoms. The molecule has 5 rings (SSSR count). The van der Waals surface area contributed by atoms with Crippen molar-refractivity contribution in [1.29, 1.82) is 0 Å². The zero-order valence-electron chi connectivity index (χ0n) is 19.9. The van der Waals surface area contributed by atoms with Gasteiger partial charge in [0.1, 0.15) is 0 Å². The van der Waals surface area contributed by atoms with Crippen molar-refractivity contribution in [2.75, 3.05) is 10.2 Å². The lowest BCUT2D eigenvalue weighted by atomic mass is 9.97. The number of pyridine rings is 1. The molecule has 1 N–H and O–H groups in total. The summed E-state index contributed by atoms with van der Waals surface area (Å²) in [6, 6.07) is 10.1. The summed E-state index contributed by atoms with van der Waals surface area (Å²) in [5.74, 6) is -0.103. The van der Waals surface area contributed by atoms with E-state index in [0.29, 0.717) is 35.8 Å². The standard InChI is InChI=1S/C26H26N6O2S/c1-16(2)32-14-21(17(3)30-32)25(34)29-26-28-22(15-35-26)19-6-8-23-20(11-19)7-9-24(33)31(23)13-18-5-4-10-27-12-18/h4-6,8,10-12,14-16H,7,9,13H2,1-3H3,(H,28,29,34). The number of nitrogens with one attached hydrogen (secondary N) is 1. The first-order valence-electron chi connectivity index (χ1n) is 11.5. The maximum absolute atomic E-state index is 12.8. The van der Waals surface area contributed by atoms with Crippen molar-refractivity contribution in [1.82, 2.24) is 19.7 Å². The van der Waals surface area contributed by atoms with Crippen LogP contribution in [0.1, 0.15) is 53.5 Å². The van der Waals surface area contributed by atoms with E-state index in [4.69, 9.17) is 0 Å². The van der Waals surface area contributed by atoms with E-state index in [-0.39, 0.29) is 17.9 Å². The van der Waals surface area contributed by atoms with Gasteiger partial charge in [-0.3, -0.25) is 24.6 Å². The number of amides is 2. The average Bonchev–Trinajstić information content (AvgIpc) is 3.48. The van der Waals surface area contributed by atoms with Gasteiger partial charge in [-0.15, -0.1) is 11.3 Å². The quantitative estimate of drug-likeness (QED) is 0.413. The van der Waals surface area contributed by atoms with Crippen LogP contribution in [0.2, 0.25) is 0 Å². The molecule has 1 aliphatic rings.